The van der Waals surface area contributed by atoms with E-state index in [1.54, 1.807) is 13.0 Å². The third-order valence-corrected chi connectivity index (χ3v) is 8.11. The van der Waals surface area contributed by atoms with Crippen molar-refractivity contribution in [2.45, 2.75) is 52.6 Å². The summed E-state index contributed by atoms with van der Waals surface area (Å²) in [6, 6.07) is 4.46. The molecule has 8 heteroatoms. The molecule has 0 spiro atoms. The number of rotatable bonds is 5. The smallest absolute Gasteiger partial charge is 0.337 e. The third kappa shape index (κ3) is 3.85. The molecule has 0 saturated heterocycles. The van der Waals surface area contributed by atoms with Gasteiger partial charge in [0.15, 0.2) is 17.7 Å². The lowest BCUT2D eigenvalue weighted by Crippen LogP contribution is -2.47. The Morgan fingerprint density at radius 1 is 1.19 bits per heavy atom. The highest BCUT2D eigenvalue weighted by Gasteiger charge is 2.37. The van der Waals surface area contributed by atoms with Crippen LogP contribution in [-0.2, 0) is 22.6 Å². The summed E-state index contributed by atoms with van der Waals surface area (Å²) in [5.41, 5.74) is 3.97. The fraction of sp³-hybridized carbons (Fsp3) is 0.391. The standard InChI is InChI=1S/C23H28FNO5Si/c1-12-14-10-18(26)25(17-9-7-8-16(24)21(17)30-3)11-15(14)13(2)22(31(4,5)6)19(12)20(27)23(28)29/h7-9,20,27H,10-11H2,1-6H3,(H,28,29)/t20-/m0/s1. The highest BCUT2D eigenvalue weighted by atomic mass is 28.3. The minimum Gasteiger partial charge on any atom is -0.492 e. The van der Waals surface area contributed by atoms with E-state index < -0.39 is 26.0 Å². The maximum atomic E-state index is 14.3. The van der Waals surface area contributed by atoms with Crippen LogP contribution < -0.4 is 14.8 Å². The average molecular weight is 446 g/mol. The molecule has 166 valence electrons. The third-order valence-electron chi connectivity index (χ3n) is 5.96. The molecule has 2 aromatic carbocycles. The number of hydrogen-bond donors (Lipinski definition) is 2. The van der Waals surface area contributed by atoms with Crippen LogP contribution in [0, 0.1) is 19.7 Å². The van der Waals surface area contributed by atoms with Crippen LogP contribution in [0.15, 0.2) is 18.2 Å². The largest absolute Gasteiger partial charge is 0.492 e. The number of carboxylic acid groups (broad SMARTS) is 1. The number of carboxylic acids is 1. The predicted molar refractivity (Wildman–Crippen MR) is 119 cm³/mol. The van der Waals surface area contributed by atoms with Gasteiger partial charge in [-0.25, -0.2) is 9.18 Å². The van der Waals surface area contributed by atoms with E-state index in [-0.39, 0.29) is 24.6 Å². The second-order valence-corrected chi connectivity index (χ2v) is 13.9. The molecule has 1 atom stereocenters. The molecule has 3 rings (SSSR count). The summed E-state index contributed by atoms with van der Waals surface area (Å²) in [7, 11) is -0.715. The fourth-order valence-electron chi connectivity index (χ4n) is 4.67. The Hall–Kier alpha value is -2.71. The van der Waals surface area contributed by atoms with Gasteiger partial charge in [0, 0.05) is 0 Å². The van der Waals surface area contributed by atoms with E-state index in [0.717, 1.165) is 21.9 Å². The lowest BCUT2D eigenvalue weighted by Gasteiger charge is -2.36. The van der Waals surface area contributed by atoms with E-state index in [1.165, 1.54) is 24.1 Å². The first-order chi connectivity index (χ1) is 14.4. The predicted octanol–water partition coefficient (Wildman–Crippen LogP) is 3.20. The normalized spacial score (nSPS) is 15.0. The molecule has 1 aliphatic rings. The van der Waals surface area contributed by atoms with Gasteiger partial charge in [-0.15, -0.1) is 0 Å². The lowest BCUT2D eigenvalue weighted by molar-refractivity contribution is -0.146. The first-order valence-corrected chi connectivity index (χ1v) is 13.6. The maximum Gasteiger partial charge on any atom is 0.337 e. The molecule has 0 unspecified atom stereocenters. The Balaban J connectivity index is 2.26. The minimum atomic E-state index is -2.08. The lowest BCUT2D eigenvalue weighted by atomic mass is 9.86. The highest BCUT2D eigenvalue weighted by Crippen LogP contribution is 2.38. The van der Waals surface area contributed by atoms with Gasteiger partial charge < -0.3 is 19.8 Å². The Labute approximate surface area is 182 Å². The monoisotopic (exact) mass is 445 g/mol. The van der Waals surface area contributed by atoms with Crippen LogP contribution in [-0.4, -0.2) is 37.3 Å². The van der Waals surface area contributed by atoms with Gasteiger partial charge in [0.1, 0.15) is 0 Å². The fourth-order valence-corrected chi connectivity index (χ4v) is 7.07. The summed E-state index contributed by atoms with van der Waals surface area (Å²) in [6.45, 7) is 10.2. The first kappa shape index (κ1) is 23.0. The van der Waals surface area contributed by atoms with Crippen molar-refractivity contribution in [2.75, 3.05) is 12.0 Å². The summed E-state index contributed by atoms with van der Waals surface area (Å²) < 4.78 is 19.5. The number of fused-ring (bicyclic) bond motifs is 1. The molecule has 1 heterocycles. The number of anilines is 1. The molecule has 0 saturated carbocycles. The summed E-state index contributed by atoms with van der Waals surface area (Å²) in [5.74, 6) is -2.09. The van der Waals surface area contributed by atoms with Crippen molar-refractivity contribution in [3.8, 4) is 5.75 Å². The minimum absolute atomic E-state index is 0.0111. The van der Waals surface area contributed by atoms with Crippen molar-refractivity contribution in [1.29, 1.82) is 0 Å². The van der Waals surface area contributed by atoms with Crippen molar-refractivity contribution >= 4 is 30.8 Å². The second-order valence-electron chi connectivity index (χ2n) is 8.94. The van der Waals surface area contributed by atoms with E-state index in [1.807, 2.05) is 6.92 Å². The van der Waals surface area contributed by atoms with Crippen LogP contribution in [0.2, 0.25) is 19.6 Å². The van der Waals surface area contributed by atoms with Crippen molar-refractivity contribution in [3.05, 3.63) is 51.8 Å². The van der Waals surface area contributed by atoms with Crippen LogP contribution in [0.5, 0.6) is 5.75 Å². The topological polar surface area (TPSA) is 87.1 Å². The number of halogens is 1. The van der Waals surface area contributed by atoms with Gasteiger partial charge >= 0.3 is 5.97 Å². The zero-order valence-electron chi connectivity index (χ0n) is 18.7. The summed E-state index contributed by atoms with van der Waals surface area (Å²) in [5, 5.41) is 20.9. The molecular formula is C23H28FNO5Si. The quantitative estimate of drug-likeness (QED) is 0.690. The van der Waals surface area contributed by atoms with E-state index in [9.17, 15) is 24.2 Å². The zero-order chi connectivity index (χ0) is 23.2. The summed E-state index contributed by atoms with van der Waals surface area (Å²) >= 11 is 0. The van der Waals surface area contributed by atoms with Gasteiger partial charge in [-0.1, -0.05) is 30.9 Å². The van der Waals surface area contributed by atoms with Gasteiger partial charge in [-0.3, -0.25) is 4.79 Å². The molecular weight excluding hydrogens is 417 g/mol. The number of amides is 1. The number of benzene rings is 2. The number of aliphatic hydroxyl groups excluding tert-OH is 1. The number of methoxy groups -OCH3 is 1. The molecule has 2 N–H and O–H groups in total. The average Bonchev–Trinajstić information content (AvgIpc) is 2.68. The van der Waals surface area contributed by atoms with Crippen molar-refractivity contribution < 1.29 is 28.9 Å². The number of hydrogen-bond acceptors (Lipinski definition) is 4. The highest BCUT2D eigenvalue weighted by molar-refractivity contribution is 6.89. The number of carbonyl (C=O) groups excluding carboxylic acids is 1. The Morgan fingerprint density at radius 3 is 2.39 bits per heavy atom. The Kier molecular flexibility index (Phi) is 5.99. The number of aliphatic hydroxyl groups is 1. The van der Waals surface area contributed by atoms with Crippen LogP contribution in [0.3, 0.4) is 0 Å². The Bertz CT molecular complexity index is 1080. The molecule has 6 nitrogen and oxygen atoms in total. The number of para-hydroxylation sites is 1. The number of aliphatic carboxylic acids is 1. The first-order valence-electron chi connectivity index (χ1n) is 10.1. The molecule has 0 fully saturated rings. The number of carbonyl (C=O) groups is 2. The van der Waals surface area contributed by atoms with Gasteiger partial charge in [0.25, 0.3) is 0 Å². The van der Waals surface area contributed by atoms with Crippen molar-refractivity contribution in [3.63, 3.8) is 0 Å². The van der Waals surface area contributed by atoms with E-state index >= 15 is 0 Å². The SMILES string of the molecule is COc1c(F)cccc1N1Cc2c(C)c([Si](C)(C)C)c([C@H](O)C(=O)O)c(C)c2CC1=O. The van der Waals surface area contributed by atoms with E-state index in [4.69, 9.17) is 4.74 Å². The molecule has 2 aromatic rings. The van der Waals surface area contributed by atoms with Crippen LogP contribution in [0.1, 0.15) is 33.9 Å². The van der Waals surface area contributed by atoms with Crippen molar-refractivity contribution in [2.24, 2.45) is 0 Å². The van der Waals surface area contributed by atoms with Crippen LogP contribution in [0.4, 0.5) is 10.1 Å². The molecule has 1 amide bonds. The molecule has 0 aliphatic carbocycles. The molecule has 1 aliphatic heterocycles. The van der Waals surface area contributed by atoms with Gasteiger partial charge in [0.05, 0.1) is 33.8 Å². The number of ether oxygens (including phenoxy) is 1. The molecule has 31 heavy (non-hydrogen) atoms. The van der Waals surface area contributed by atoms with E-state index in [2.05, 4.69) is 19.6 Å². The van der Waals surface area contributed by atoms with Crippen LogP contribution in [0.25, 0.3) is 0 Å². The number of nitrogens with zero attached hydrogens (tertiary/aromatic N) is 1. The molecule has 0 bridgehead atoms. The van der Waals surface area contributed by atoms with E-state index in [0.29, 0.717) is 16.8 Å². The van der Waals surface area contributed by atoms with Crippen LogP contribution >= 0.6 is 0 Å². The molecule has 0 aromatic heterocycles. The Morgan fingerprint density at radius 2 is 1.84 bits per heavy atom. The summed E-state index contributed by atoms with van der Waals surface area (Å²) in [4.78, 5) is 26.2. The van der Waals surface area contributed by atoms with Crippen molar-refractivity contribution in [1.82, 2.24) is 0 Å². The van der Waals surface area contributed by atoms with Gasteiger partial charge in [-0.2, -0.15) is 0 Å². The van der Waals surface area contributed by atoms with Gasteiger partial charge in [0.2, 0.25) is 5.91 Å². The maximum absolute atomic E-state index is 14.3. The zero-order valence-corrected chi connectivity index (χ0v) is 19.7. The van der Waals surface area contributed by atoms with Gasteiger partial charge in [-0.05, 0) is 53.8 Å². The molecule has 0 radical (unpaired) electrons. The summed E-state index contributed by atoms with van der Waals surface area (Å²) in [6.07, 6.45) is -1.62. The second kappa shape index (κ2) is 8.09.